The fourth-order valence-electron chi connectivity index (χ4n) is 1.63. The molecule has 0 spiro atoms. The summed E-state index contributed by atoms with van der Waals surface area (Å²) in [5.74, 6) is -1.55. The van der Waals surface area contributed by atoms with Crippen molar-refractivity contribution in [3.05, 3.63) is 28.2 Å². The number of hydrogen-bond donors (Lipinski definition) is 2. The molecule has 0 radical (unpaired) electrons. The van der Waals surface area contributed by atoms with Gasteiger partial charge in [-0.1, -0.05) is 15.9 Å². The number of carbonyl (C=O) groups excluding carboxylic acids is 1. The van der Waals surface area contributed by atoms with Crippen molar-refractivity contribution in [2.45, 2.75) is 31.9 Å². The van der Waals surface area contributed by atoms with E-state index in [1.165, 1.54) is 12.1 Å². The van der Waals surface area contributed by atoms with Gasteiger partial charge in [0.25, 0.3) is 0 Å². The van der Waals surface area contributed by atoms with Gasteiger partial charge in [0.2, 0.25) is 5.91 Å². The molecule has 8 heteroatoms. The Morgan fingerprint density at radius 2 is 1.81 bits per heavy atom. The molecule has 1 amide bonds. The number of alkyl halides is 3. The Morgan fingerprint density at radius 1 is 1.19 bits per heavy atom. The van der Waals surface area contributed by atoms with Crippen LogP contribution in [0.25, 0.3) is 0 Å². The first-order valence-electron chi connectivity index (χ1n) is 6.08. The summed E-state index contributed by atoms with van der Waals surface area (Å²) in [5, 5.41) is 10.6. The first kappa shape index (κ1) is 17.5. The summed E-state index contributed by atoms with van der Waals surface area (Å²) >= 11 is 2.95. The Labute approximate surface area is 127 Å². The molecule has 4 nitrogen and oxygen atoms in total. The van der Waals surface area contributed by atoms with Crippen LogP contribution in [0.4, 0.5) is 18.9 Å². The van der Waals surface area contributed by atoms with Crippen molar-refractivity contribution in [2.75, 3.05) is 5.32 Å². The monoisotopic (exact) mass is 367 g/mol. The van der Waals surface area contributed by atoms with E-state index in [2.05, 4.69) is 21.2 Å². The van der Waals surface area contributed by atoms with Crippen LogP contribution in [-0.2, 0) is 15.8 Å². The van der Waals surface area contributed by atoms with Crippen LogP contribution in [-0.4, -0.2) is 17.0 Å². The summed E-state index contributed by atoms with van der Waals surface area (Å²) in [5.41, 5.74) is -1.25. The van der Waals surface area contributed by atoms with Crippen LogP contribution < -0.4 is 5.32 Å². The van der Waals surface area contributed by atoms with Gasteiger partial charge >= 0.3 is 12.1 Å². The molecular formula is C13H13BrF3NO3. The van der Waals surface area contributed by atoms with Gasteiger partial charge in [-0.25, -0.2) is 0 Å². The van der Waals surface area contributed by atoms with Crippen molar-refractivity contribution >= 4 is 33.5 Å². The van der Waals surface area contributed by atoms with E-state index in [1.54, 1.807) is 0 Å². The van der Waals surface area contributed by atoms with Crippen molar-refractivity contribution in [1.82, 2.24) is 0 Å². The Bertz CT molecular complexity index is 532. The lowest BCUT2D eigenvalue weighted by Crippen LogP contribution is -2.16. The quantitative estimate of drug-likeness (QED) is 0.745. The summed E-state index contributed by atoms with van der Waals surface area (Å²) in [7, 11) is 0. The third-order valence-corrected chi connectivity index (χ3v) is 3.10. The van der Waals surface area contributed by atoms with Crippen LogP contribution in [0.15, 0.2) is 22.7 Å². The SMILES string of the molecule is O=C(O)CCCCC(=O)Nc1ccc(Br)cc1C(F)(F)F. The molecule has 0 unspecified atom stereocenters. The Kier molecular flexibility index (Phi) is 6.19. The molecule has 0 aromatic heterocycles. The molecule has 2 N–H and O–H groups in total. The van der Waals surface area contributed by atoms with Crippen LogP contribution in [0.5, 0.6) is 0 Å². The molecule has 0 heterocycles. The summed E-state index contributed by atoms with van der Waals surface area (Å²) in [6.45, 7) is 0. The van der Waals surface area contributed by atoms with E-state index >= 15 is 0 Å². The molecule has 1 rings (SSSR count). The fraction of sp³-hybridized carbons (Fsp3) is 0.385. The smallest absolute Gasteiger partial charge is 0.418 e. The summed E-state index contributed by atoms with van der Waals surface area (Å²) in [6.07, 6.45) is -4.07. The van der Waals surface area contributed by atoms with Gasteiger partial charge in [0.15, 0.2) is 0 Å². The first-order chi connectivity index (χ1) is 9.70. The van der Waals surface area contributed by atoms with Gasteiger partial charge in [-0.3, -0.25) is 9.59 Å². The maximum Gasteiger partial charge on any atom is 0.418 e. The van der Waals surface area contributed by atoms with Gasteiger partial charge in [0.05, 0.1) is 11.3 Å². The van der Waals surface area contributed by atoms with Crippen molar-refractivity contribution in [3.8, 4) is 0 Å². The molecule has 0 bridgehead atoms. The highest BCUT2D eigenvalue weighted by Crippen LogP contribution is 2.36. The van der Waals surface area contributed by atoms with E-state index in [1.807, 2.05) is 0 Å². The summed E-state index contributed by atoms with van der Waals surface area (Å²) in [6, 6.07) is 3.46. The predicted octanol–water partition coefficient (Wildman–Crippen LogP) is 4.05. The normalized spacial score (nSPS) is 11.2. The molecule has 116 valence electrons. The van der Waals surface area contributed by atoms with Crippen LogP contribution >= 0.6 is 15.9 Å². The second-order valence-corrected chi connectivity index (χ2v) is 5.25. The Balaban J connectivity index is 2.66. The summed E-state index contributed by atoms with van der Waals surface area (Å²) < 4.78 is 38.8. The van der Waals surface area contributed by atoms with E-state index in [0.717, 1.165) is 6.07 Å². The van der Waals surface area contributed by atoms with Gasteiger partial charge < -0.3 is 10.4 Å². The Morgan fingerprint density at radius 3 is 2.38 bits per heavy atom. The van der Waals surface area contributed by atoms with Crippen molar-refractivity contribution in [3.63, 3.8) is 0 Å². The standard InChI is InChI=1S/C13H13BrF3NO3/c14-8-5-6-10(9(7-8)13(15,16)17)18-11(19)3-1-2-4-12(20)21/h5-7H,1-4H2,(H,18,19)(H,20,21). The van der Waals surface area contributed by atoms with E-state index in [9.17, 15) is 22.8 Å². The molecule has 0 aliphatic rings. The number of unbranched alkanes of at least 4 members (excludes halogenated alkanes) is 1. The molecule has 21 heavy (non-hydrogen) atoms. The van der Waals surface area contributed by atoms with E-state index in [4.69, 9.17) is 5.11 Å². The van der Waals surface area contributed by atoms with Crippen molar-refractivity contribution < 1.29 is 27.9 Å². The molecule has 0 aliphatic carbocycles. The van der Waals surface area contributed by atoms with Gasteiger partial charge in [-0.05, 0) is 31.0 Å². The van der Waals surface area contributed by atoms with Crippen LogP contribution in [0.3, 0.4) is 0 Å². The highest BCUT2D eigenvalue weighted by Gasteiger charge is 2.34. The average Bonchev–Trinajstić information content (AvgIpc) is 2.35. The molecular weight excluding hydrogens is 355 g/mol. The number of amides is 1. The topological polar surface area (TPSA) is 66.4 Å². The summed E-state index contributed by atoms with van der Waals surface area (Å²) in [4.78, 5) is 21.9. The number of carbonyl (C=O) groups is 2. The maximum absolute atomic E-state index is 12.8. The van der Waals surface area contributed by atoms with E-state index in [0.29, 0.717) is 12.8 Å². The lowest BCUT2D eigenvalue weighted by atomic mass is 10.1. The number of benzene rings is 1. The molecule has 1 aromatic carbocycles. The zero-order valence-corrected chi connectivity index (χ0v) is 12.4. The zero-order chi connectivity index (χ0) is 16.0. The lowest BCUT2D eigenvalue weighted by Gasteiger charge is -2.14. The molecule has 0 saturated carbocycles. The number of rotatable bonds is 6. The Hall–Kier alpha value is -1.57. The largest absolute Gasteiger partial charge is 0.481 e. The second-order valence-electron chi connectivity index (χ2n) is 4.34. The minimum atomic E-state index is -4.57. The van der Waals surface area contributed by atoms with Crippen molar-refractivity contribution in [1.29, 1.82) is 0 Å². The number of hydrogen-bond acceptors (Lipinski definition) is 2. The highest BCUT2D eigenvalue weighted by molar-refractivity contribution is 9.10. The highest BCUT2D eigenvalue weighted by atomic mass is 79.9. The number of nitrogens with one attached hydrogen (secondary N) is 1. The van der Waals surface area contributed by atoms with Gasteiger partial charge in [-0.15, -0.1) is 0 Å². The van der Waals surface area contributed by atoms with Crippen LogP contribution in [0.2, 0.25) is 0 Å². The van der Waals surface area contributed by atoms with Gasteiger partial charge in [-0.2, -0.15) is 13.2 Å². The lowest BCUT2D eigenvalue weighted by molar-refractivity contribution is -0.138. The fourth-order valence-corrected chi connectivity index (χ4v) is 2.00. The van der Waals surface area contributed by atoms with E-state index < -0.39 is 23.6 Å². The zero-order valence-electron chi connectivity index (χ0n) is 10.8. The number of anilines is 1. The number of halogens is 4. The van der Waals surface area contributed by atoms with Crippen LogP contribution in [0.1, 0.15) is 31.2 Å². The van der Waals surface area contributed by atoms with Gasteiger partial charge in [0.1, 0.15) is 0 Å². The average molecular weight is 368 g/mol. The third kappa shape index (κ3) is 6.16. The first-order valence-corrected chi connectivity index (χ1v) is 6.88. The van der Waals surface area contributed by atoms with Gasteiger partial charge in [0, 0.05) is 17.3 Å². The number of carboxylic acids is 1. The molecule has 0 fully saturated rings. The minimum absolute atomic E-state index is 0.0271. The van der Waals surface area contributed by atoms with Crippen LogP contribution in [0, 0.1) is 0 Å². The number of aliphatic carboxylic acids is 1. The van der Waals surface area contributed by atoms with Crippen molar-refractivity contribution in [2.24, 2.45) is 0 Å². The maximum atomic E-state index is 12.8. The minimum Gasteiger partial charge on any atom is -0.481 e. The second kappa shape index (κ2) is 7.44. The third-order valence-electron chi connectivity index (χ3n) is 2.61. The molecule has 0 atom stereocenters. The molecule has 0 saturated heterocycles. The molecule has 1 aromatic rings. The predicted molar refractivity (Wildman–Crippen MR) is 73.9 cm³/mol. The van der Waals surface area contributed by atoms with E-state index in [-0.39, 0.29) is 23.0 Å². The molecule has 0 aliphatic heterocycles. The number of carboxylic acid groups (broad SMARTS) is 1.